The van der Waals surface area contributed by atoms with Crippen LogP contribution in [0.5, 0.6) is 0 Å². The number of likely N-dealkylation sites (N-methyl/N-ethyl adjacent to an activating group) is 1. The standard InChI is InChI=1S/C10H22N2/c1-12(8-7-11)9-10-5-3-2-4-6-10/h10H,2-9,11H2,1H3. The summed E-state index contributed by atoms with van der Waals surface area (Å²) in [6.45, 7) is 3.11. The molecule has 0 amide bonds. The quantitative estimate of drug-likeness (QED) is 0.692. The molecule has 0 aliphatic heterocycles. The second-order valence-electron chi connectivity index (χ2n) is 4.05. The number of rotatable bonds is 4. The summed E-state index contributed by atoms with van der Waals surface area (Å²) in [4.78, 5) is 2.37. The van der Waals surface area contributed by atoms with E-state index in [0.717, 1.165) is 19.0 Å². The molecule has 2 N–H and O–H groups in total. The fourth-order valence-electron chi connectivity index (χ4n) is 2.12. The van der Waals surface area contributed by atoms with Crippen LogP contribution in [0.25, 0.3) is 0 Å². The van der Waals surface area contributed by atoms with Crippen molar-refractivity contribution in [1.29, 1.82) is 0 Å². The van der Waals surface area contributed by atoms with Crippen molar-refractivity contribution in [2.75, 3.05) is 26.7 Å². The molecule has 2 heteroatoms. The van der Waals surface area contributed by atoms with E-state index in [4.69, 9.17) is 5.73 Å². The Balaban J connectivity index is 2.11. The van der Waals surface area contributed by atoms with Crippen LogP contribution in [0.1, 0.15) is 32.1 Å². The largest absolute Gasteiger partial charge is 0.329 e. The predicted octanol–water partition coefficient (Wildman–Crippen LogP) is 1.46. The lowest BCUT2D eigenvalue weighted by Crippen LogP contribution is -2.31. The highest BCUT2D eigenvalue weighted by Gasteiger charge is 2.14. The summed E-state index contributed by atoms with van der Waals surface area (Å²) in [5.74, 6) is 0.954. The molecule has 1 rings (SSSR count). The smallest absolute Gasteiger partial charge is 0.0102 e. The topological polar surface area (TPSA) is 29.3 Å². The first kappa shape index (κ1) is 10.0. The molecule has 0 bridgehead atoms. The molecular formula is C10H22N2. The van der Waals surface area contributed by atoms with Crippen molar-refractivity contribution in [2.45, 2.75) is 32.1 Å². The molecule has 0 saturated heterocycles. The maximum Gasteiger partial charge on any atom is 0.0102 e. The first-order chi connectivity index (χ1) is 5.83. The number of hydrogen-bond donors (Lipinski definition) is 1. The fraction of sp³-hybridized carbons (Fsp3) is 1.00. The van der Waals surface area contributed by atoms with Gasteiger partial charge in [-0.15, -0.1) is 0 Å². The Morgan fingerprint density at radius 2 is 1.92 bits per heavy atom. The van der Waals surface area contributed by atoms with Gasteiger partial charge in [0.2, 0.25) is 0 Å². The first-order valence-electron chi connectivity index (χ1n) is 5.21. The van der Waals surface area contributed by atoms with Gasteiger partial charge >= 0.3 is 0 Å². The molecule has 0 atom stereocenters. The van der Waals surface area contributed by atoms with Crippen LogP contribution in [0, 0.1) is 5.92 Å². The molecule has 0 spiro atoms. The zero-order valence-corrected chi connectivity index (χ0v) is 8.26. The third-order valence-electron chi connectivity index (χ3n) is 2.81. The Labute approximate surface area is 76.1 Å². The average Bonchev–Trinajstić information content (AvgIpc) is 2.06. The van der Waals surface area contributed by atoms with Gasteiger partial charge in [0.25, 0.3) is 0 Å². The maximum atomic E-state index is 5.49. The molecule has 12 heavy (non-hydrogen) atoms. The summed E-state index contributed by atoms with van der Waals surface area (Å²) in [6.07, 6.45) is 7.23. The minimum Gasteiger partial charge on any atom is -0.329 e. The van der Waals surface area contributed by atoms with Crippen LogP contribution in [0.2, 0.25) is 0 Å². The zero-order chi connectivity index (χ0) is 8.81. The van der Waals surface area contributed by atoms with Gasteiger partial charge in [0.05, 0.1) is 0 Å². The van der Waals surface area contributed by atoms with Crippen molar-refractivity contribution >= 4 is 0 Å². The highest BCUT2D eigenvalue weighted by Crippen LogP contribution is 2.23. The van der Waals surface area contributed by atoms with Gasteiger partial charge in [-0.1, -0.05) is 19.3 Å². The van der Waals surface area contributed by atoms with Crippen molar-refractivity contribution in [1.82, 2.24) is 4.90 Å². The Bertz CT molecular complexity index is 108. The van der Waals surface area contributed by atoms with Crippen molar-refractivity contribution in [3.63, 3.8) is 0 Å². The third kappa shape index (κ3) is 3.55. The second kappa shape index (κ2) is 5.55. The van der Waals surface area contributed by atoms with E-state index in [-0.39, 0.29) is 0 Å². The van der Waals surface area contributed by atoms with E-state index in [0.29, 0.717) is 0 Å². The fourth-order valence-corrected chi connectivity index (χ4v) is 2.12. The number of nitrogens with zero attached hydrogens (tertiary/aromatic N) is 1. The zero-order valence-electron chi connectivity index (χ0n) is 8.26. The normalized spacial score (nSPS) is 20.2. The molecule has 0 aromatic heterocycles. The van der Waals surface area contributed by atoms with E-state index < -0.39 is 0 Å². The van der Waals surface area contributed by atoms with Crippen LogP contribution in [-0.4, -0.2) is 31.6 Å². The summed E-state index contributed by atoms with van der Waals surface area (Å²) in [6, 6.07) is 0. The van der Waals surface area contributed by atoms with Gasteiger partial charge in [-0.2, -0.15) is 0 Å². The summed E-state index contributed by atoms with van der Waals surface area (Å²) in [5, 5.41) is 0. The number of hydrogen-bond acceptors (Lipinski definition) is 2. The van der Waals surface area contributed by atoms with E-state index in [1.165, 1.54) is 38.6 Å². The lowest BCUT2D eigenvalue weighted by atomic mass is 9.89. The lowest BCUT2D eigenvalue weighted by Gasteiger charge is -2.26. The van der Waals surface area contributed by atoms with Crippen molar-refractivity contribution in [3.8, 4) is 0 Å². The van der Waals surface area contributed by atoms with Gasteiger partial charge in [-0.25, -0.2) is 0 Å². The van der Waals surface area contributed by atoms with Crippen LogP contribution in [0.4, 0.5) is 0 Å². The average molecular weight is 170 g/mol. The molecule has 1 saturated carbocycles. The molecule has 0 heterocycles. The van der Waals surface area contributed by atoms with Crippen molar-refractivity contribution in [3.05, 3.63) is 0 Å². The van der Waals surface area contributed by atoms with Crippen LogP contribution in [-0.2, 0) is 0 Å². The van der Waals surface area contributed by atoms with Gasteiger partial charge in [0, 0.05) is 19.6 Å². The molecule has 0 aromatic carbocycles. The van der Waals surface area contributed by atoms with Crippen molar-refractivity contribution in [2.24, 2.45) is 11.7 Å². The summed E-state index contributed by atoms with van der Waals surface area (Å²) in [7, 11) is 2.18. The Morgan fingerprint density at radius 3 is 2.50 bits per heavy atom. The third-order valence-corrected chi connectivity index (χ3v) is 2.81. The van der Waals surface area contributed by atoms with E-state index >= 15 is 0 Å². The van der Waals surface area contributed by atoms with Crippen LogP contribution >= 0.6 is 0 Å². The van der Waals surface area contributed by atoms with Crippen LogP contribution in [0.3, 0.4) is 0 Å². The molecule has 2 nitrogen and oxygen atoms in total. The van der Waals surface area contributed by atoms with E-state index in [1.54, 1.807) is 0 Å². The minimum absolute atomic E-state index is 0.795. The Morgan fingerprint density at radius 1 is 1.25 bits per heavy atom. The van der Waals surface area contributed by atoms with Gasteiger partial charge in [0.15, 0.2) is 0 Å². The molecule has 1 fully saturated rings. The summed E-state index contributed by atoms with van der Waals surface area (Å²) >= 11 is 0. The Kier molecular flexibility index (Phi) is 4.62. The lowest BCUT2D eigenvalue weighted by molar-refractivity contribution is 0.238. The molecule has 0 aromatic rings. The molecule has 72 valence electrons. The van der Waals surface area contributed by atoms with E-state index in [1.807, 2.05) is 0 Å². The molecule has 1 aliphatic rings. The highest BCUT2D eigenvalue weighted by molar-refractivity contribution is 4.68. The molecule has 0 radical (unpaired) electrons. The van der Waals surface area contributed by atoms with E-state index in [9.17, 15) is 0 Å². The monoisotopic (exact) mass is 170 g/mol. The van der Waals surface area contributed by atoms with E-state index in [2.05, 4.69) is 11.9 Å². The van der Waals surface area contributed by atoms with Crippen LogP contribution < -0.4 is 5.73 Å². The summed E-state index contributed by atoms with van der Waals surface area (Å²) < 4.78 is 0. The predicted molar refractivity (Wildman–Crippen MR) is 53.1 cm³/mol. The summed E-state index contributed by atoms with van der Waals surface area (Å²) in [5.41, 5.74) is 5.49. The molecule has 1 aliphatic carbocycles. The van der Waals surface area contributed by atoms with Crippen LogP contribution in [0.15, 0.2) is 0 Å². The van der Waals surface area contributed by atoms with Crippen molar-refractivity contribution < 1.29 is 0 Å². The van der Waals surface area contributed by atoms with Gasteiger partial charge in [0.1, 0.15) is 0 Å². The Hall–Kier alpha value is -0.0800. The van der Waals surface area contributed by atoms with Gasteiger partial charge < -0.3 is 10.6 Å². The number of nitrogens with two attached hydrogens (primary N) is 1. The highest BCUT2D eigenvalue weighted by atomic mass is 15.1. The SMILES string of the molecule is CN(CCN)CC1CCCCC1. The molecule has 0 unspecified atom stereocenters. The maximum absolute atomic E-state index is 5.49. The molecular weight excluding hydrogens is 148 g/mol. The van der Waals surface area contributed by atoms with Gasteiger partial charge in [-0.3, -0.25) is 0 Å². The van der Waals surface area contributed by atoms with Gasteiger partial charge in [-0.05, 0) is 25.8 Å². The minimum atomic E-state index is 0.795. The first-order valence-corrected chi connectivity index (χ1v) is 5.21. The second-order valence-corrected chi connectivity index (χ2v) is 4.05.